The number of nitriles is 1. The van der Waals surface area contributed by atoms with Gasteiger partial charge >= 0.3 is 0 Å². The fourth-order valence-electron chi connectivity index (χ4n) is 4.25. The van der Waals surface area contributed by atoms with Crippen molar-refractivity contribution in [1.82, 2.24) is 4.90 Å². The Labute approximate surface area is 126 Å². The molecular weight excluding hydrogens is 260 g/mol. The molecule has 110 valence electrons. The zero-order valence-electron chi connectivity index (χ0n) is 13.0. The zero-order valence-corrected chi connectivity index (χ0v) is 13.0. The summed E-state index contributed by atoms with van der Waals surface area (Å²) in [6, 6.07) is 7.00. The lowest BCUT2D eigenvalue weighted by Gasteiger charge is -2.36. The van der Waals surface area contributed by atoms with Crippen LogP contribution in [0.15, 0.2) is 12.1 Å². The lowest BCUT2D eigenvalue weighted by molar-refractivity contribution is 0.0766. The van der Waals surface area contributed by atoms with Gasteiger partial charge < -0.3 is 4.90 Å². The normalized spacial score (nSPS) is 28.4. The second-order valence-corrected chi connectivity index (χ2v) is 6.68. The largest absolute Gasteiger partial charge is 0.300 e. The number of hydrogen-bond acceptors (Lipinski definition) is 3. The Bertz CT molecular complexity index is 592. The van der Waals surface area contributed by atoms with Gasteiger partial charge in [-0.05, 0) is 69.8 Å². The highest BCUT2D eigenvalue weighted by atomic mass is 16.1. The highest BCUT2D eigenvalue weighted by Crippen LogP contribution is 2.39. The minimum absolute atomic E-state index is 0.157. The Hall–Kier alpha value is -1.66. The number of fused-ring (bicyclic) bond motifs is 2. The number of aryl methyl sites for hydroxylation is 2. The third-order valence-corrected chi connectivity index (χ3v) is 5.38. The minimum atomic E-state index is 0.157. The van der Waals surface area contributed by atoms with Crippen molar-refractivity contribution in [3.8, 4) is 6.07 Å². The van der Waals surface area contributed by atoms with Crippen LogP contribution in [0, 0.1) is 31.1 Å². The second kappa shape index (κ2) is 5.27. The van der Waals surface area contributed by atoms with Crippen molar-refractivity contribution in [3.05, 3.63) is 34.4 Å². The molecule has 2 aliphatic rings. The van der Waals surface area contributed by atoms with Crippen LogP contribution >= 0.6 is 0 Å². The molecule has 2 aliphatic heterocycles. The van der Waals surface area contributed by atoms with Crippen LogP contribution in [0.2, 0.25) is 0 Å². The van der Waals surface area contributed by atoms with Crippen molar-refractivity contribution in [2.24, 2.45) is 5.92 Å². The Morgan fingerprint density at radius 3 is 2.19 bits per heavy atom. The molecule has 2 saturated heterocycles. The van der Waals surface area contributed by atoms with Crippen molar-refractivity contribution in [2.75, 3.05) is 7.05 Å². The van der Waals surface area contributed by atoms with E-state index in [0.29, 0.717) is 23.4 Å². The van der Waals surface area contributed by atoms with Gasteiger partial charge in [-0.25, -0.2) is 0 Å². The van der Waals surface area contributed by atoms with Crippen LogP contribution in [-0.2, 0) is 0 Å². The lowest BCUT2D eigenvalue weighted by atomic mass is 9.82. The maximum Gasteiger partial charge on any atom is 0.166 e. The fraction of sp³-hybridized carbons (Fsp3) is 0.556. The number of carbonyl (C=O) groups is 1. The fourth-order valence-corrected chi connectivity index (χ4v) is 4.25. The van der Waals surface area contributed by atoms with E-state index in [1.807, 2.05) is 26.0 Å². The summed E-state index contributed by atoms with van der Waals surface area (Å²) < 4.78 is 0. The maximum atomic E-state index is 13.0. The highest BCUT2D eigenvalue weighted by molar-refractivity contribution is 6.00. The molecule has 2 heterocycles. The smallest absolute Gasteiger partial charge is 0.166 e. The Morgan fingerprint density at radius 1 is 1.19 bits per heavy atom. The van der Waals surface area contributed by atoms with Gasteiger partial charge in [0.05, 0.1) is 11.6 Å². The van der Waals surface area contributed by atoms with E-state index in [1.54, 1.807) is 0 Å². The first-order chi connectivity index (χ1) is 10.0. The van der Waals surface area contributed by atoms with Gasteiger partial charge in [0.2, 0.25) is 0 Å². The summed E-state index contributed by atoms with van der Waals surface area (Å²) in [4.78, 5) is 15.4. The summed E-state index contributed by atoms with van der Waals surface area (Å²) in [6.45, 7) is 3.90. The molecule has 0 spiro atoms. The Balaban J connectivity index is 1.88. The summed E-state index contributed by atoms with van der Waals surface area (Å²) in [5.74, 6) is 0.448. The van der Waals surface area contributed by atoms with E-state index in [2.05, 4.69) is 18.0 Å². The molecule has 0 radical (unpaired) electrons. The first-order valence-corrected chi connectivity index (χ1v) is 7.78. The van der Waals surface area contributed by atoms with Crippen LogP contribution in [0.3, 0.4) is 0 Å². The number of carbonyl (C=O) groups excluding carboxylic acids is 1. The van der Waals surface area contributed by atoms with E-state index < -0.39 is 0 Å². The highest BCUT2D eigenvalue weighted by Gasteiger charge is 2.41. The maximum absolute atomic E-state index is 13.0. The molecule has 3 heteroatoms. The molecule has 0 saturated carbocycles. The predicted octanol–water partition coefficient (Wildman–Crippen LogP) is 3.23. The van der Waals surface area contributed by atoms with Crippen LogP contribution in [-0.4, -0.2) is 29.8 Å². The van der Waals surface area contributed by atoms with Crippen LogP contribution in [0.5, 0.6) is 0 Å². The first-order valence-electron chi connectivity index (χ1n) is 7.78. The average Bonchev–Trinajstić information content (AvgIpc) is 2.67. The lowest BCUT2D eigenvalue weighted by Crippen LogP contribution is -2.42. The molecule has 2 unspecified atom stereocenters. The van der Waals surface area contributed by atoms with Crippen LogP contribution in [0.4, 0.5) is 0 Å². The number of Topliss-reactive ketones (excluding diaryl/α,β-unsaturated/α-hetero) is 1. The Kier molecular flexibility index (Phi) is 3.59. The van der Waals surface area contributed by atoms with E-state index in [-0.39, 0.29) is 5.92 Å². The molecule has 21 heavy (non-hydrogen) atoms. The first kappa shape index (κ1) is 14.3. The van der Waals surface area contributed by atoms with Gasteiger partial charge in [-0.1, -0.05) is 0 Å². The van der Waals surface area contributed by atoms with Gasteiger partial charge in [0.15, 0.2) is 5.78 Å². The van der Waals surface area contributed by atoms with Crippen molar-refractivity contribution in [2.45, 2.75) is 51.6 Å². The van der Waals surface area contributed by atoms with Gasteiger partial charge in [0.25, 0.3) is 0 Å². The molecule has 0 amide bonds. The molecule has 0 N–H and O–H groups in total. The standard InChI is InChI=1S/C18H22N2O/c1-11-6-13(10-19)7-12(2)17(11)18(21)14-8-15-4-5-16(9-14)20(15)3/h6-7,14-16H,4-5,8-9H2,1-3H3. The molecule has 1 aromatic rings. The number of ketones is 1. The topological polar surface area (TPSA) is 44.1 Å². The molecule has 3 rings (SSSR count). The number of benzene rings is 1. The summed E-state index contributed by atoms with van der Waals surface area (Å²) >= 11 is 0. The quantitative estimate of drug-likeness (QED) is 0.782. The zero-order chi connectivity index (χ0) is 15.1. The number of rotatable bonds is 2. The average molecular weight is 282 g/mol. The molecule has 2 bridgehead atoms. The Morgan fingerprint density at radius 2 is 1.71 bits per heavy atom. The molecule has 2 atom stereocenters. The van der Waals surface area contributed by atoms with E-state index in [0.717, 1.165) is 29.5 Å². The van der Waals surface area contributed by atoms with E-state index in [1.165, 1.54) is 12.8 Å². The summed E-state index contributed by atoms with van der Waals surface area (Å²) in [7, 11) is 2.20. The number of nitrogens with zero attached hydrogens (tertiary/aromatic N) is 2. The third-order valence-electron chi connectivity index (χ3n) is 5.38. The summed E-state index contributed by atoms with van der Waals surface area (Å²) in [5, 5.41) is 9.03. The molecule has 1 aromatic carbocycles. The van der Waals surface area contributed by atoms with Crippen LogP contribution in [0.25, 0.3) is 0 Å². The van der Waals surface area contributed by atoms with E-state index in [9.17, 15) is 4.79 Å². The second-order valence-electron chi connectivity index (χ2n) is 6.68. The van der Waals surface area contributed by atoms with Crippen molar-refractivity contribution < 1.29 is 4.79 Å². The molecule has 3 nitrogen and oxygen atoms in total. The SMILES string of the molecule is Cc1cc(C#N)cc(C)c1C(=O)C1CC2CCC(C1)N2C. The minimum Gasteiger partial charge on any atom is -0.300 e. The van der Waals surface area contributed by atoms with E-state index in [4.69, 9.17) is 5.26 Å². The van der Waals surface area contributed by atoms with Gasteiger partial charge in [0.1, 0.15) is 0 Å². The van der Waals surface area contributed by atoms with Crippen molar-refractivity contribution in [3.63, 3.8) is 0 Å². The van der Waals surface area contributed by atoms with Crippen LogP contribution < -0.4 is 0 Å². The van der Waals surface area contributed by atoms with Gasteiger partial charge in [-0.3, -0.25) is 4.79 Å². The van der Waals surface area contributed by atoms with E-state index >= 15 is 0 Å². The van der Waals surface area contributed by atoms with Gasteiger partial charge in [0, 0.05) is 23.6 Å². The molecule has 2 fully saturated rings. The molecule has 0 aliphatic carbocycles. The molecule has 0 aromatic heterocycles. The number of piperidine rings is 1. The van der Waals surface area contributed by atoms with Gasteiger partial charge in [-0.2, -0.15) is 5.26 Å². The molecular formula is C18H22N2O. The van der Waals surface area contributed by atoms with Gasteiger partial charge in [-0.15, -0.1) is 0 Å². The third kappa shape index (κ3) is 2.38. The van der Waals surface area contributed by atoms with Crippen LogP contribution in [0.1, 0.15) is 52.7 Å². The van der Waals surface area contributed by atoms with Crippen molar-refractivity contribution in [1.29, 1.82) is 5.26 Å². The summed E-state index contributed by atoms with van der Waals surface area (Å²) in [5.41, 5.74) is 3.39. The summed E-state index contributed by atoms with van der Waals surface area (Å²) in [6.07, 6.45) is 4.45. The number of hydrogen-bond donors (Lipinski definition) is 0. The monoisotopic (exact) mass is 282 g/mol. The predicted molar refractivity (Wildman–Crippen MR) is 82.3 cm³/mol. The van der Waals surface area contributed by atoms with Crippen molar-refractivity contribution >= 4 is 5.78 Å².